The fraction of sp³-hybridized carbons (Fsp3) is 0.143. The average Bonchev–Trinajstić information content (AvgIpc) is 2.75. The Hall–Kier alpha value is -3.23. The van der Waals surface area contributed by atoms with Gasteiger partial charge in [-0.3, -0.25) is 14.3 Å². The molecule has 7 nitrogen and oxygen atoms in total. The van der Waals surface area contributed by atoms with Gasteiger partial charge in [0.15, 0.2) is 10.5 Å². The number of hydrogen-bond acceptors (Lipinski definition) is 5. The van der Waals surface area contributed by atoms with Gasteiger partial charge in [0.1, 0.15) is 6.26 Å². The predicted octanol–water partition coefficient (Wildman–Crippen LogP) is 2.29. The zero-order valence-corrected chi connectivity index (χ0v) is 16.7. The second kappa shape index (κ2) is 7.65. The molecule has 0 saturated heterocycles. The molecule has 0 fully saturated rings. The maximum Gasteiger partial charge on any atom is 0.337 e. The van der Waals surface area contributed by atoms with Gasteiger partial charge in [-0.2, -0.15) is 0 Å². The quantitative estimate of drug-likeness (QED) is 0.485. The molecule has 29 heavy (non-hydrogen) atoms. The molecule has 0 bridgehead atoms. The molecule has 1 aromatic carbocycles. The van der Waals surface area contributed by atoms with Crippen molar-refractivity contribution in [1.29, 1.82) is 0 Å². The molecule has 0 radical (unpaired) electrons. The van der Waals surface area contributed by atoms with Gasteiger partial charge in [-0.25, -0.2) is 14.3 Å². The summed E-state index contributed by atoms with van der Waals surface area (Å²) in [5.74, 6) is 0. The van der Waals surface area contributed by atoms with Crippen molar-refractivity contribution in [1.82, 2.24) is 19.1 Å². The molecule has 0 amide bonds. The van der Waals surface area contributed by atoms with Crippen molar-refractivity contribution in [2.75, 3.05) is 6.26 Å². The highest BCUT2D eigenvalue weighted by Crippen LogP contribution is 2.17. The fourth-order valence-electron chi connectivity index (χ4n) is 3.27. The smallest absolute Gasteiger partial charge is 0.337 e. The summed E-state index contributed by atoms with van der Waals surface area (Å²) in [6.45, 7) is 1.76. The number of pyridine rings is 2. The molecule has 8 heteroatoms. The van der Waals surface area contributed by atoms with Crippen LogP contribution < -0.4 is 11.2 Å². The van der Waals surface area contributed by atoms with Crippen LogP contribution >= 0.6 is 0 Å². The largest absolute Gasteiger partial charge is 0.612 e. The first-order valence-electron chi connectivity index (χ1n) is 8.96. The Morgan fingerprint density at radius 3 is 2.34 bits per heavy atom. The lowest BCUT2D eigenvalue weighted by Gasteiger charge is -2.18. The van der Waals surface area contributed by atoms with E-state index in [1.54, 1.807) is 74.1 Å². The summed E-state index contributed by atoms with van der Waals surface area (Å²) in [6.07, 6.45) is 4.76. The van der Waals surface area contributed by atoms with Crippen molar-refractivity contribution in [3.63, 3.8) is 0 Å². The van der Waals surface area contributed by atoms with Crippen molar-refractivity contribution in [3.05, 3.63) is 93.5 Å². The Kier molecular flexibility index (Phi) is 5.04. The minimum Gasteiger partial charge on any atom is -0.612 e. The van der Waals surface area contributed by atoms with Gasteiger partial charge in [0, 0.05) is 12.4 Å². The summed E-state index contributed by atoms with van der Waals surface area (Å²) in [5.41, 5.74) is 0.494. The van der Waals surface area contributed by atoms with E-state index in [1.165, 1.54) is 9.13 Å². The van der Waals surface area contributed by atoms with E-state index >= 15 is 0 Å². The van der Waals surface area contributed by atoms with Crippen LogP contribution in [0.25, 0.3) is 16.7 Å². The van der Waals surface area contributed by atoms with Crippen LogP contribution in [0, 0.1) is 0 Å². The van der Waals surface area contributed by atoms with Gasteiger partial charge >= 0.3 is 5.69 Å². The van der Waals surface area contributed by atoms with Crippen molar-refractivity contribution < 1.29 is 4.55 Å². The molecule has 0 aliphatic heterocycles. The van der Waals surface area contributed by atoms with E-state index in [9.17, 15) is 14.1 Å². The van der Waals surface area contributed by atoms with E-state index in [-0.39, 0.29) is 5.65 Å². The number of benzene rings is 1. The molecule has 0 aliphatic rings. The van der Waals surface area contributed by atoms with Gasteiger partial charge in [-0.15, -0.1) is 0 Å². The highest BCUT2D eigenvalue weighted by atomic mass is 32.2. The molecule has 0 N–H and O–H groups in total. The molecule has 2 atom stereocenters. The third-order valence-electron chi connectivity index (χ3n) is 4.78. The molecular formula is C21H18N4O3S. The molecular weight excluding hydrogens is 388 g/mol. The third kappa shape index (κ3) is 3.37. The molecule has 4 rings (SSSR count). The lowest BCUT2D eigenvalue weighted by atomic mass is 10.2. The maximum absolute atomic E-state index is 13.4. The van der Waals surface area contributed by atoms with Crippen molar-refractivity contribution in [2.24, 2.45) is 0 Å². The summed E-state index contributed by atoms with van der Waals surface area (Å²) in [7, 11) is 0. The molecule has 146 valence electrons. The topological polar surface area (TPSA) is 92.8 Å². The predicted molar refractivity (Wildman–Crippen MR) is 112 cm³/mol. The first kappa shape index (κ1) is 19.1. The normalized spacial score (nSPS) is 13.3. The number of aromatic nitrogens is 4. The molecule has 0 saturated carbocycles. The van der Waals surface area contributed by atoms with E-state index < -0.39 is 28.5 Å². The molecule has 4 aromatic rings. The Morgan fingerprint density at radius 1 is 0.966 bits per heavy atom. The Bertz CT molecular complexity index is 1280. The Balaban J connectivity index is 2.02. The lowest BCUT2D eigenvalue weighted by molar-refractivity contribution is 0.558. The van der Waals surface area contributed by atoms with E-state index in [0.29, 0.717) is 21.7 Å². The summed E-state index contributed by atoms with van der Waals surface area (Å²) in [4.78, 5) is 35.8. The fourth-order valence-corrected chi connectivity index (χ4v) is 3.79. The SMILES string of the molecule is CC(c1ccccn1)n1c(=O)c2cccnc2n(-c2ccc([S+](C)[O-])cc2)c1=O. The zero-order chi connectivity index (χ0) is 20.5. The zero-order valence-electron chi connectivity index (χ0n) is 15.9. The Labute approximate surface area is 169 Å². The minimum atomic E-state index is -1.13. The maximum atomic E-state index is 13.4. The monoisotopic (exact) mass is 406 g/mol. The highest BCUT2D eigenvalue weighted by Gasteiger charge is 2.21. The summed E-state index contributed by atoms with van der Waals surface area (Å²) >= 11 is -1.13. The van der Waals surface area contributed by atoms with Crippen LogP contribution in [0.1, 0.15) is 18.7 Å². The second-order valence-corrected chi connectivity index (χ2v) is 7.93. The van der Waals surface area contributed by atoms with E-state index in [1.807, 2.05) is 6.07 Å². The molecule has 3 heterocycles. The van der Waals surface area contributed by atoms with Crippen LogP contribution in [-0.2, 0) is 11.2 Å². The summed E-state index contributed by atoms with van der Waals surface area (Å²) in [6, 6.07) is 14.9. The van der Waals surface area contributed by atoms with Gasteiger partial charge in [0.2, 0.25) is 0 Å². The van der Waals surface area contributed by atoms with Crippen molar-refractivity contribution in [3.8, 4) is 5.69 Å². The van der Waals surface area contributed by atoms with Gasteiger partial charge in [0.05, 0.1) is 22.8 Å². The van der Waals surface area contributed by atoms with Gasteiger partial charge < -0.3 is 4.55 Å². The Morgan fingerprint density at radius 2 is 1.69 bits per heavy atom. The van der Waals surface area contributed by atoms with Crippen LogP contribution in [0.2, 0.25) is 0 Å². The number of fused-ring (bicyclic) bond motifs is 1. The van der Waals surface area contributed by atoms with Crippen LogP contribution in [-0.4, -0.2) is 29.9 Å². The number of rotatable bonds is 4. The second-order valence-electron chi connectivity index (χ2n) is 6.55. The van der Waals surface area contributed by atoms with Crippen LogP contribution in [0.4, 0.5) is 0 Å². The number of hydrogen-bond donors (Lipinski definition) is 0. The van der Waals surface area contributed by atoms with Crippen molar-refractivity contribution in [2.45, 2.75) is 17.9 Å². The minimum absolute atomic E-state index is 0.275. The van der Waals surface area contributed by atoms with E-state index in [0.717, 1.165) is 0 Å². The van der Waals surface area contributed by atoms with Gasteiger partial charge in [-0.1, -0.05) is 6.07 Å². The number of nitrogens with zero attached hydrogens (tertiary/aromatic N) is 4. The first-order chi connectivity index (χ1) is 14.0. The summed E-state index contributed by atoms with van der Waals surface area (Å²) < 4.78 is 14.3. The standard InChI is InChI=1S/C21H18N4O3S/c1-14(18-7-3-4-12-22-18)24-20(26)17-6-5-13-23-19(17)25(21(24)27)15-8-10-16(11-9-15)29(2)28/h3-14H,1-2H3. The van der Waals surface area contributed by atoms with Crippen molar-refractivity contribution >= 4 is 22.2 Å². The molecule has 0 aliphatic carbocycles. The molecule has 2 unspecified atom stereocenters. The van der Waals surface area contributed by atoms with E-state index in [2.05, 4.69) is 9.97 Å². The molecule has 0 spiro atoms. The third-order valence-corrected chi connectivity index (χ3v) is 5.71. The van der Waals surface area contributed by atoms with Crippen LogP contribution in [0.15, 0.2) is 81.5 Å². The van der Waals surface area contributed by atoms with Gasteiger partial charge in [0.25, 0.3) is 5.56 Å². The molecule has 3 aromatic heterocycles. The highest BCUT2D eigenvalue weighted by molar-refractivity contribution is 7.90. The average molecular weight is 406 g/mol. The van der Waals surface area contributed by atoms with Crippen LogP contribution in [0.3, 0.4) is 0 Å². The summed E-state index contributed by atoms with van der Waals surface area (Å²) in [5, 5.41) is 0.332. The first-order valence-corrected chi connectivity index (χ1v) is 10.5. The lowest BCUT2D eigenvalue weighted by Crippen LogP contribution is -2.41. The van der Waals surface area contributed by atoms with E-state index in [4.69, 9.17) is 0 Å². The van der Waals surface area contributed by atoms with Crippen LogP contribution in [0.5, 0.6) is 0 Å². The van der Waals surface area contributed by atoms with Gasteiger partial charge in [-0.05, 0) is 66.6 Å².